The van der Waals surface area contributed by atoms with Crippen molar-refractivity contribution in [3.8, 4) is 0 Å². The SMILES string of the molecule is CCN1CCN(S(=O)(=O)N(C)CCCNC)CC1C. The fourth-order valence-electron chi connectivity index (χ4n) is 2.43. The highest BCUT2D eigenvalue weighted by atomic mass is 32.2. The summed E-state index contributed by atoms with van der Waals surface area (Å²) >= 11 is 0. The molecule has 1 aliphatic rings. The van der Waals surface area contributed by atoms with Crippen molar-refractivity contribution in [2.45, 2.75) is 26.3 Å². The van der Waals surface area contributed by atoms with Crippen LogP contribution >= 0.6 is 0 Å². The van der Waals surface area contributed by atoms with Crippen molar-refractivity contribution < 1.29 is 8.42 Å². The zero-order valence-corrected chi connectivity index (χ0v) is 13.4. The van der Waals surface area contributed by atoms with Gasteiger partial charge in [0.25, 0.3) is 10.2 Å². The summed E-state index contributed by atoms with van der Waals surface area (Å²) < 4.78 is 28.0. The lowest BCUT2D eigenvalue weighted by Gasteiger charge is -2.39. The maximum absolute atomic E-state index is 12.4. The number of rotatable bonds is 7. The summed E-state index contributed by atoms with van der Waals surface area (Å²) in [5.41, 5.74) is 0. The van der Waals surface area contributed by atoms with Gasteiger partial charge in [-0.3, -0.25) is 4.90 Å². The third kappa shape index (κ3) is 4.39. The van der Waals surface area contributed by atoms with Crippen molar-refractivity contribution in [3.63, 3.8) is 0 Å². The van der Waals surface area contributed by atoms with Crippen LogP contribution in [0.5, 0.6) is 0 Å². The van der Waals surface area contributed by atoms with E-state index in [1.807, 2.05) is 7.05 Å². The van der Waals surface area contributed by atoms with Gasteiger partial charge in [0.05, 0.1) is 0 Å². The van der Waals surface area contributed by atoms with Gasteiger partial charge in [-0.05, 0) is 33.5 Å². The molecule has 0 bridgehead atoms. The molecule has 0 aromatic carbocycles. The number of nitrogens with one attached hydrogen (secondary N) is 1. The van der Waals surface area contributed by atoms with E-state index in [4.69, 9.17) is 0 Å². The molecule has 1 heterocycles. The Kier molecular flexibility index (Phi) is 6.68. The summed E-state index contributed by atoms with van der Waals surface area (Å²) in [7, 11) is 0.249. The molecule has 1 fully saturated rings. The van der Waals surface area contributed by atoms with Gasteiger partial charge in [-0.1, -0.05) is 6.92 Å². The summed E-state index contributed by atoms with van der Waals surface area (Å²) in [6.45, 7) is 8.58. The highest BCUT2D eigenvalue weighted by molar-refractivity contribution is 7.86. The van der Waals surface area contributed by atoms with Crippen molar-refractivity contribution in [1.82, 2.24) is 18.8 Å². The Morgan fingerprint density at radius 2 is 2.05 bits per heavy atom. The Bertz CT molecular complexity index is 361. The molecule has 7 heteroatoms. The summed E-state index contributed by atoms with van der Waals surface area (Å²) in [6.07, 6.45) is 0.830. The van der Waals surface area contributed by atoms with Crippen LogP contribution in [0.2, 0.25) is 0 Å². The largest absolute Gasteiger partial charge is 0.320 e. The molecule has 1 N–H and O–H groups in total. The molecule has 0 amide bonds. The molecule has 0 saturated carbocycles. The second kappa shape index (κ2) is 7.54. The minimum atomic E-state index is -3.29. The first-order valence-corrected chi connectivity index (χ1v) is 8.43. The molecule has 0 spiro atoms. The molecule has 1 atom stereocenters. The van der Waals surface area contributed by atoms with Gasteiger partial charge in [0.15, 0.2) is 0 Å². The first kappa shape index (κ1) is 16.8. The third-order valence-electron chi connectivity index (χ3n) is 3.75. The van der Waals surface area contributed by atoms with E-state index in [0.29, 0.717) is 25.7 Å². The van der Waals surface area contributed by atoms with Crippen molar-refractivity contribution >= 4 is 10.2 Å². The van der Waals surface area contributed by atoms with Crippen molar-refractivity contribution in [2.75, 3.05) is 53.4 Å². The number of hydrogen-bond donors (Lipinski definition) is 1. The number of likely N-dealkylation sites (N-methyl/N-ethyl adjacent to an activating group) is 1. The minimum Gasteiger partial charge on any atom is -0.320 e. The molecular formula is C12H28N4O2S. The lowest BCUT2D eigenvalue weighted by atomic mass is 10.2. The normalized spacial score (nSPS) is 23.1. The molecule has 0 aromatic rings. The molecule has 0 radical (unpaired) electrons. The second-order valence-corrected chi connectivity index (χ2v) is 7.16. The van der Waals surface area contributed by atoms with Gasteiger partial charge in [0.2, 0.25) is 0 Å². The Labute approximate surface area is 117 Å². The van der Waals surface area contributed by atoms with Gasteiger partial charge in [-0.25, -0.2) is 0 Å². The van der Waals surface area contributed by atoms with Crippen LogP contribution in [0, 0.1) is 0 Å². The molecule has 114 valence electrons. The van der Waals surface area contributed by atoms with E-state index in [9.17, 15) is 8.42 Å². The summed E-state index contributed by atoms with van der Waals surface area (Å²) in [4.78, 5) is 2.31. The maximum Gasteiger partial charge on any atom is 0.281 e. The molecule has 19 heavy (non-hydrogen) atoms. The van der Waals surface area contributed by atoms with Crippen LogP contribution in [0.4, 0.5) is 0 Å². The minimum absolute atomic E-state index is 0.291. The Balaban J connectivity index is 2.58. The molecular weight excluding hydrogens is 264 g/mol. The van der Waals surface area contributed by atoms with E-state index in [2.05, 4.69) is 24.1 Å². The number of nitrogens with zero attached hydrogens (tertiary/aromatic N) is 3. The van der Waals surface area contributed by atoms with Gasteiger partial charge in [0.1, 0.15) is 0 Å². The summed E-state index contributed by atoms with van der Waals surface area (Å²) in [5.74, 6) is 0. The van der Waals surface area contributed by atoms with E-state index in [1.54, 1.807) is 11.4 Å². The van der Waals surface area contributed by atoms with Crippen LogP contribution in [0.1, 0.15) is 20.3 Å². The Hall–Kier alpha value is -0.210. The zero-order chi connectivity index (χ0) is 14.5. The maximum atomic E-state index is 12.4. The van der Waals surface area contributed by atoms with Gasteiger partial charge in [-0.15, -0.1) is 0 Å². The number of piperazine rings is 1. The first-order chi connectivity index (χ1) is 8.93. The van der Waals surface area contributed by atoms with E-state index in [-0.39, 0.29) is 0 Å². The first-order valence-electron chi connectivity index (χ1n) is 7.03. The number of hydrogen-bond acceptors (Lipinski definition) is 4. The van der Waals surface area contributed by atoms with Crippen LogP contribution in [-0.2, 0) is 10.2 Å². The lowest BCUT2D eigenvalue weighted by molar-refractivity contribution is 0.131. The molecule has 0 aliphatic carbocycles. The lowest BCUT2D eigenvalue weighted by Crippen LogP contribution is -2.56. The Morgan fingerprint density at radius 3 is 2.58 bits per heavy atom. The van der Waals surface area contributed by atoms with Crippen LogP contribution in [0.15, 0.2) is 0 Å². The standard InChI is InChI=1S/C12H28N4O2S/c1-5-15-9-10-16(11-12(15)2)19(17,18)14(4)8-6-7-13-3/h12-13H,5-11H2,1-4H3. The van der Waals surface area contributed by atoms with Crippen LogP contribution in [-0.4, -0.2) is 81.3 Å². The van der Waals surface area contributed by atoms with E-state index in [1.165, 1.54) is 4.31 Å². The van der Waals surface area contributed by atoms with Gasteiger partial charge < -0.3 is 5.32 Å². The predicted molar refractivity (Wildman–Crippen MR) is 78.4 cm³/mol. The van der Waals surface area contributed by atoms with Crippen LogP contribution in [0.3, 0.4) is 0 Å². The summed E-state index contributed by atoms with van der Waals surface area (Å²) in [6, 6.07) is 0.291. The van der Waals surface area contributed by atoms with Crippen molar-refractivity contribution in [1.29, 1.82) is 0 Å². The average molecular weight is 292 g/mol. The molecule has 6 nitrogen and oxygen atoms in total. The van der Waals surface area contributed by atoms with Crippen LogP contribution < -0.4 is 5.32 Å². The van der Waals surface area contributed by atoms with Gasteiger partial charge in [0, 0.05) is 39.3 Å². The fourth-order valence-corrected chi connectivity index (χ4v) is 3.90. The topological polar surface area (TPSA) is 55.9 Å². The molecule has 0 aromatic heterocycles. The van der Waals surface area contributed by atoms with Crippen LogP contribution in [0.25, 0.3) is 0 Å². The molecule has 1 saturated heterocycles. The highest BCUT2D eigenvalue weighted by Crippen LogP contribution is 2.15. The Morgan fingerprint density at radius 1 is 1.37 bits per heavy atom. The quantitative estimate of drug-likeness (QED) is 0.660. The van der Waals surface area contributed by atoms with Gasteiger partial charge >= 0.3 is 0 Å². The predicted octanol–water partition coefficient (Wildman–Crippen LogP) is -0.201. The molecule has 1 unspecified atom stereocenters. The van der Waals surface area contributed by atoms with E-state index in [0.717, 1.165) is 26.1 Å². The monoisotopic (exact) mass is 292 g/mol. The molecule has 1 aliphatic heterocycles. The molecule has 1 rings (SSSR count). The zero-order valence-electron chi connectivity index (χ0n) is 12.6. The average Bonchev–Trinajstić information content (AvgIpc) is 2.38. The second-order valence-electron chi connectivity index (χ2n) is 5.12. The smallest absolute Gasteiger partial charge is 0.281 e. The van der Waals surface area contributed by atoms with E-state index >= 15 is 0 Å². The van der Waals surface area contributed by atoms with Crippen molar-refractivity contribution in [2.24, 2.45) is 0 Å². The van der Waals surface area contributed by atoms with Gasteiger partial charge in [-0.2, -0.15) is 17.0 Å². The third-order valence-corrected chi connectivity index (χ3v) is 5.71. The van der Waals surface area contributed by atoms with Crippen molar-refractivity contribution in [3.05, 3.63) is 0 Å². The fraction of sp³-hybridized carbons (Fsp3) is 1.00. The summed E-state index contributed by atoms with van der Waals surface area (Å²) in [5, 5.41) is 3.03. The highest BCUT2D eigenvalue weighted by Gasteiger charge is 2.32. The van der Waals surface area contributed by atoms with E-state index < -0.39 is 10.2 Å².